The number of hydrogen-bond acceptors (Lipinski definition) is 2. The average molecular weight is 316 g/mol. The third kappa shape index (κ3) is 2.48. The summed E-state index contributed by atoms with van der Waals surface area (Å²) in [5.41, 5.74) is 3.32. The molecular formula is C20H13FN2O. The van der Waals surface area contributed by atoms with Gasteiger partial charge in [-0.05, 0) is 30.3 Å². The van der Waals surface area contributed by atoms with Crippen LogP contribution in [-0.2, 0) is 0 Å². The van der Waals surface area contributed by atoms with Gasteiger partial charge in [-0.15, -0.1) is 0 Å². The molecule has 0 saturated carbocycles. The first-order chi connectivity index (χ1) is 11.7. The average Bonchev–Trinajstić information content (AvgIpc) is 3.05. The first-order valence-electron chi connectivity index (χ1n) is 7.56. The number of halogens is 1. The summed E-state index contributed by atoms with van der Waals surface area (Å²) < 4.78 is 13.5. The van der Waals surface area contributed by atoms with Crippen molar-refractivity contribution in [1.82, 2.24) is 10.2 Å². The van der Waals surface area contributed by atoms with Crippen molar-refractivity contribution >= 4 is 16.7 Å². The lowest BCUT2D eigenvalue weighted by molar-refractivity contribution is 0.103. The van der Waals surface area contributed by atoms with E-state index in [9.17, 15) is 9.18 Å². The first kappa shape index (κ1) is 14.3. The largest absolute Gasteiger partial charge is 0.289 e. The van der Waals surface area contributed by atoms with Crippen molar-refractivity contribution in [3.05, 3.63) is 89.7 Å². The molecule has 0 aliphatic heterocycles. The zero-order valence-corrected chi connectivity index (χ0v) is 12.7. The molecule has 0 saturated heterocycles. The minimum atomic E-state index is -0.319. The number of nitrogens with one attached hydrogen (secondary N) is 1. The fourth-order valence-electron chi connectivity index (χ4n) is 2.77. The molecule has 0 bridgehead atoms. The van der Waals surface area contributed by atoms with Crippen LogP contribution in [0.15, 0.2) is 72.8 Å². The summed E-state index contributed by atoms with van der Waals surface area (Å²) in [7, 11) is 0. The van der Waals surface area contributed by atoms with Crippen molar-refractivity contribution in [2.75, 3.05) is 0 Å². The highest BCUT2D eigenvalue weighted by atomic mass is 19.1. The molecule has 0 amide bonds. The highest BCUT2D eigenvalue weighted by Gasteiger charge is 2.13. The summed E-state index contributed by atoms with van der Waals surface area (Å²) in [6, 6.07) is 20.8. The van der Waals surface area contributed by atoms with Gasteiger partial charge in [0.25, 0.3) is 0 Å². The third-order valence-corrected chi connectivity index (χ3v) is 3.96. The molecule has 0 atom stereocenters. The van der Waals surface area contributed by atoms with Crippen LogP contribution in [0.2, 0.25) is 0 Å². The Hall–Kier alpha value is -3.27. The predicted octanol–water partition coefficient (Wildman–Crippen LogP) is 4.60. The number of aromatic amines is 1. The molecule has 3 aromatic carbocycles. The van der Waals surface area contributed by atoms with E-state index in [4.69, 9.17) is 0 Å². The molecule has 4 heteroatoms. The zero-order valence-electron chi connectivity index (χ0n) is 12.7. The van der Waals surface area contributed by atoms with Gasteiger partial charge >= 0.3 is 0 Å². The molecule has 0 spiro atoms. The zero-order chi connectivity index (χ0) is 16.5. The standard InChI is InChI=1S/C20H13FN2O/c21-16-8-4-7-14(11-16)19-17-12-15(9-10-18(17)22-23-19)20(24)13-5-2-1-3-6-13/h1-12H,(H,22,23). The van der Waals surface area contributed by atoms with Crippen molar-refractivity contribution in [3.8, 4) is 11.3 Å². The van der Waals surface area contributed by atoms with Crippen molar-refractivity contribution in [3.63, 3.8) is 0 Å². The van der Waals surface area contributed by atoms with E-state index in [1.54, 1.807) is 36.4 Å². The van der Waals surface area contributed by atoms with E-state index in [-0.39, 0.29) is 11.6 Å². The fraction of sp³-hybridized carbons (Fsp3) is 0. The van der Waals surface area contributed by atoms with Crippen LogP contribution in [0, 0.1) is 5.82 Å². The number of nitrogens with zero attached hydrogens (tertiary/aromatic N) is 1. The van der Waals surface area contributed by atoms with E-state index < -0.39 is 0 Å². The van der Waals surface area contributed by atoms with Crippen LogP contribution in [0.25, 0.3) is 22.2 Å². The van der Waals surface area contributed by atoms with Crippen LogP contribution in [-0.4, -0.2) is 16.0 Å². The second-order valence-corrected chi connectivity index (χ2v) is 5.54. The number of ketones is 1. The van der Waals surface area contributed by atoms with Crippen molar-refractivity contribution in [2.45, 2.75) is 0 Å². The highest BCUT2D eigenvalue weighted by Crippen LogP contribution is 2.28. The van der Waals surface area contributed by atoms with Crippen molar-refractivity contribution in [1.29, 1.82) is 0 Å². The van der Waals surface area contributed by atoms with E-state index in [1.165, 1.54) is 12.1 Å². The van der Waals surface area contributed by atoms with Gasteiger partial charge < -0.3 is 0 Å². The first-order valence-corrected chi connectivity index (χ1v) is 7.56. The van der Waals surface area contributed by atoms with Crippen LogP contribution < -0.4 is 0 Å². The molecule has 0 aliphatic carbocycles. The lowest BCUT2D eigenvalue weighted by atomic mass is 10.00. The SMILES string of the molecule is O=C(c1ccccc1)c1ccc2[nH]nc(-c3cccc(F)c3)c2c1. The molecule has 1 aromatic heterocycles. The van der Waals surface area contributed by atoms with Crippen LogP contribution in [0.4, 0.5) is 4.39 Å². The molecule has 0 radical (unpaired) electrons. The van der Waals surface area contributed by atoms with Crippen LogP contribution in [0.3, 0.4) is 0 Å². The predicted molar refractivity (Wildman–Crippen MR) is 91.4 cm³/mol. The minimum absolute atomic E-state index is 0.0520. The molecule has 24 heavy (non-hydrogen) atoms. The lowest BCUT2D eigenvalue weighted by Gasteiger charge is -2.03. The summed E-state index contributed by atoms with van der Waals surface area (Å²) in [6.45, 7) is 0. The molecule has 4 aromatic rings. The van der Waals surface area contributed by atoms with Crippen LogP contribution >= 0.6 is 0 Å². The summed E-state index contributed by atoms with van der Waals surface area (Å²) >= 11 is 0. The normalized spacial score (nSPS) is 10.9. The number of carbonyl (C=O) groups excluding carboxylic acids is 1. The second-order valence-electron chi connectivity index (χ2n) is 5.54. The van der Waals surface area contributed by atoms with Gasteiger partial charge in [0, 0.05) is 22.1 Å². The Morgan fingerprint density at radius 2 is 1.71 bits per heavy atom. The van der Waals surface area contributed by atoms with Gasteiger partial charge in [-0.25, -0.2) is 4.39 Å². The molecule has 0 unspecified atom stereocenters. The Kier molecular flexibility index (Phi) is 3.43. The summed E-state index contributed by atoms with van der Waals surface area (Å²) in [4.78, 5) is 12.6. The Labute approximate surface area is 137 Å². The summed E-state index contributed by atoms with van der Waals surface area (Å²) in [6.07, 6.45) is 0. The molecule has 3 nitrogen and oxygen atoms in total. The highest BCUT2D eigenvalue weighted by molar-refractivity contribution is 6.11. The number of carbonyl (C=O) groups is 1. The minimum Gasteiger partial charge on any atom is -0.289 e. The van der Waals surface area contributed by atoms with Crippen LogP contribution in [0.1, 0.15) is 15.9 Å². The number of aromatic nitrogens is 2. The Bertz CT molecular complexity index is 1040. The Morgan fingerprint density at radius 1 is 0.875 bits per heavy atom. The molecule has 1 heterocycles. The Morgan fingerprint density at radius 3 is 2.50 bits per heavy atom. The molecule has 116 valence electrons. The third-order valence-electron chi connectivity index (χ3n) is 3.96. The number of H-pyrrole nitrogens is 1. The van der Waals surface area contributed by atoms with E-state index in [0.29, 0.717) is 22.4 Å². The van der Waals surface area contributed by atoms with Gasteiger partial charge in [0.05, 0.1) is 5.52 Å². The maximum Gasteiger partial charge on any atom is 0.193 e. The molecule has 1 N–H and O–H groups in total. The maximum atomic E-state index is 13.5. The van der Waals surface area contributed by atoms with Crippen molar-refractivity contribution in [2.24, 2.45) is 0 Å². The van der Waals surface area contributed by atoms with E-state index in [2.05, 4.69) is 10.2 Å². The molecule has 4 rings (SSSR count). The molecule has 0 aliphatic rings. The fourth-order valence-corrected chi connectivity index (χ4v) is 2.77. The van der Waals surface area contributed by atoms with E-state index >= 15 is 0 Å². The van der Waals surface area contributed by atoms with Gasteiger partial charge in [-0.2, -0.15) is 5.10 Å². The quantitative estimate of drug-likeness (QED) is 0.561. The van der Waals surface area contributed by atoms with Gasteiger partial charge in [0.15, 0.2) is 5.78 Å². The lowest BCUT2D eigenvalue weighted by Crippen LogP contribution is -2.00. The summed E-state index contributed by atoms with van der Waals surface area (Å²) in [5.74, 6) is -0.371. The number of hydrogen-bond donors (Lipinski definition) is 1. The van der Waals surface area contributed by atoms with Gasteiger partial charge in [-0.1, -0.05) is 42.5 Å². The topological polar surface area (TPSA) is 45.8 Å². The van der Waals surface area contributed by atoms with Crippen molar-refractivity contribution < 1.29 is 9.18 Å². The van der Waals surface area contributed by atoms with Gasteiger partial charge in [-0.3, -0.25) is 9.89 Å². The number of rotatable bonds is 3. The van der Waals surface area contributed by atoms with Crippen LogP contribution in [0.5, 0.6) is 0 Å². The molecule has 0 fully saturated rings. The van der Waals surface area contributed by atoms with Gasteiger partial charge in [0.2, 0.25) is 0 Å². The number of benzene rings is 3. The van der Waals surface area contributed by atoms with E-state index in [0.717, 1.165) is 10.9 Å². The monoisotopic (exact) mass is 316 g/mol. The molecular weight excluding hydrogens is 303 g/mol. The Balaban J connectivity index is 1.83. The second kappa shape index (κ2) is 5.74. The van der Waals surface area contributed by atoms with E-state index in [1.807, 2.05) is 24.3 Å². The van der Waals surface area contributed by atoms with Gasteiger partial charge in [0.1, 0.15) is 11.5 Å². The smallest absolute Gasteiger partial charge is 0.193 e. The maximum absolute atomic E-state index is 13.5. The summed E-state index contributed by atoms with van der Waals surface area (Å²) in [5, 5.41) is 8.00. The number of fused-ring (bicyclic) bond motifs is 1.